The largest absolute Gasteiger partial charge is 0.481 e. The van der Waals surface area contributed by atoms with E-state index in [0.717, 1.165) is 37.9 Å². The molecule has 3 atom stereocenters. The summed E-state index contributed by atoms with van der Waals surface area (Å²) in [5.74, 6) is -0.593. The molecule has 4 aliphatic rings. The molecular formula is C28H38F3NO2. The third kappa shape index (κ3) is 4.89. The number of carboxylic acids is 1. The first-order valence-corrected chi connectivity index (χ1v) is 13.3. The third-order valence-electron chi connectivity index (χ3n) is 9.68. The Morgan fingerprint density at radius 3 is 2.00 bits per heavy atom. The number of carboxylic acid groups (broad SMARTS) is 1. The maximum Gasteiger partial charge on any atom is 0.416 e. The predicted molar refractivity (Wildman–Crippen MR) is 126 cm³/mol. The van der Waals surface area contributed by atoms with Gasteiger partial charge < -0.3 is 5.11 Å². The molecule has 1 aromatic carbocycles. The number of rotatable bonds is 4. The molecule has 1 heterocycles. The summed E-state index contributed by atoms with van der Waals surface area (Å²) in [4.78, 5) is 14.2. The molecule has 3 aliphatic carbocycles. The smallest absolute Gasteiger partial charge is 0.416 e. The van der Waals surface area contributed by atoms with Crippen molar-refractivity contribution in [2.24, 2.45) is 16.7 Å². The van der Waals surface area contributed by atoms with Crippen molar-refractivity contribution >= 4 is 5.97 Å². The average molecular weight is 478 g/mol. The molecule has 0 amide bonds. The number of likely N-dealkylation sites (tertiary alicyclic amines) is 1. The quantitative estimate of drug-likeness (QED) is 0.496. The van der Waals surface area contributed by atoms with Crippen molar-refractivity contribution in [3.05, 3.63) is 35.4 Å². The Labute approximate surface area is 201 Å². The number of hydrogen-bond acceptors (Lipinski definition) is 2. The van der Waals surface area contributed by atoms with Gasteiger partial charge in [-0.1, -0.05) is 37.8 Å². The van der Waals surface area contributed by atoms with Crippen LogP contribution >= 0.6 is 0 Å². The fourth-order valence-corrected chi connectivity index (χ4v) is 8.37. The topological polar surface area (TPSA) is 40.5 Å². The summed E-state index contributed by atoms with van der Waals surface area (Å²) in [6, 6.07) is 6.02. The molecule has 1 N–H and O–H groups in total. The number of halogens is 3. The maximum atomic E-state index is 13.2. The summed E-state index contributed by atoms with van der Waals surface area (Å²) in [6.45, 7) is 2.22. The molecule has 1 aromatic rings. The van der Waals surface area contributed by atoms with Gasteiger partial charge in [-0.3, -0.25) is 9.69 Å². The van der Waals surface area contributed by atoms with Crippen LogP contribution in [0, 0.1) is 16.7 Å². The predicted octanol–water partition coefficient (Wildman–Crippen LogP) is 7.26. The number of carbonyl (C=O) groups is 1. The van der Waals surface area contributed by atoms with Gasteiger partial charge in [0.15, 0.2) is 0 Å². The highest BCUT2D eigenvalue weighted by atomic mass is 19.4. The highest BCUT2D eigenvalue weighted by molar-refractivity contribution is 5.67. The van der Waals surface area contributed by atoms with E-state index in [1.54, 1.807) is 12.1 Å². The van der Waals surface area contributed by atoms with Crippen LogP contribution in [-0.2, 0) is 11.0 Å². The van der Waals surface area contributed by atoms with Gasteiger partial charge >= 0.3 is 12.1 Å². The number of aliphatic carboxylic acids is 1. The fourth-order valence-electron chi connectivity index (χ4n) is 8.37. The van der Waals surface area contributed by atoms with Gasteiger partial charge in [-0.25, -0.2) is 0 Å². The first-order chi connectivity index (χ1) is 16.2. The first-order valence-electron chi connectivity index (χ1n) is 13.3. The van der Waals surface area contributed by atoms with E-state index in [-0.39, 0.29) is 24.3 Å². The molecule has 4 fully saturated rings. The zero-order chi connectivity index (χ0) is 24.0. The average Bonchev–Trinajstić information content (AvgIpc) is 3.42. The van der Waals surface area contributed by atoms with E-state index in [1.165, 1.54) is 69.9 Å². The number of nitrogens with zero attached hydrogens (tertiary/aromatic N) is 1. The van der Waals surface area contributed by atoms with Crippen molar-refractivity contribution in [3.63, 3.8) is 0 Å². The van der Waals surface area contributed by atoms with Crippen LogP contribution in [0.5, 0.6) is 0 Å². The molecule has 3 unspecified atom stereocenters. The summed E-state index contributed by atoms with van der Waals surface area (Å²) >= 11 is 0. The minimum atomic E-state index is -4.34. The third-order valence-corrected chi connectivity index (χ3v) is 9.68. The Balaban J connectivity index is 1.44. The van der Waals surface area contributed by atoms with E-state index in [0.29, 0.717) is 10.8 Å². The van der Waals surface area contributed by atoms with E-state index >= 15 is 0 Å². The lowest BCUT2D eigenvalue weighted by molar-refractivity contribution is -0.139. The SMILES string of the molecule is O=C(O)CC1CCC(N2CC3(CCCC3)CC3(CCCC3)C2)C(c2ccc(C(F)(F)F)cc2)C1. The van der Waals surface area contributed by atoms with Crippen LogP contribution in [0.4, 0.5) is 13.2 Å². The van der Waals surface area contributed by atoms with Crippen molar-refractivity contribution in [1.82, 2.24) is 4.90 Å². The zero-order valence-corrected chi connectivity index (χ0v) is 20.1. The summed E-state index contributed by atoms with van der Waals surface area (Å²) < 4.78 is 39.6. The highest BCUT2D eigenvalue weighted by Crippen LogP contribution is 2.57. The van der Waals surface area contributed by atoms with Crippen LogP contribution in [0.3, 0.4) is 0 Å². The van der Waals surface area contributed by atoms with Gasteiger partial charge in [0.1, 0.15) is 0 Å². The summed E-state index contributed by atoms with van der Waals surface area (Å²) in [6.07, 6.45) is 10.3. The fraction of sp³-hybridized carbons (Fsp3) is 0.750. The van der Waals surface area contributed by atoms with E-state index in [9.17, 15) is 23.1 Å². The van der Waals surface area contributed by atoms with Crippen LogP contribution in [0.15, 0.2) is 24.3 Å². The van der Waals surface area contributed by atoms with Gasteiger partial charge in [0, 0.05) is 25.6 Å². The molecule has 34 heavy (non-hydrogen) atoms. The lowest BCUT2D eigenvalue weighted by Gasteiger charge is -2.55. The molecule has 5 rings (SSSR count). The number of hydrogen-bond donors (Lipinski definition) is 1. The molecule has 3 nitrogen and oxygen atoms in total. The molecule has 188 valence electrons. The van der Waals surface area contributed by atoms with E-state index in [4.69, 9.17) is 0 Å². The number of alkyl halides is 3. The van der Waals surface area contributed by atoms with Crippen LogP contribution in [-0.4, -0.2) is 35.1 Å². The van der Waals surface area contributed by atoms with Gasteiger partial charge in [-0.2, -0.15) is 13.2 Å². The van der Waals surface area contributed by atoms with Crippen molar-refractivity contribution in [2.75, 3.05) is 13.1 Å². The first kappa shape index (κ1) is 24.1. The maximum absolute atomic E-state index is 13.2. The lowest BCUT2D eigenvalue weighted by Crippen LogP contribution is -2.56. The second-order valence-corrected chi connectivity index (χ2v) is 12.1. The summed E-state index contributed by atoms with van der Waals surface area (Å²) in [5.41, 5.74) is 1.15. The molecule has 1 saturated heterocycles. The Kier molecular flexibility index (Phi) is 6.50. The van der Waals surface area contributed by atoms with Gasteiger partial charge in [-0.15, -0.1) is 0 Å². The second kappa shape index (κ2) is 9.15. The van der Waals surface area contributed by atoms with E-state index < -0.39 is 17.7 Å². The van der Waals surface area contributed by atoms with Crippen LogP contribution in [0.1, 0.15) is 101 Å². The summed E-state index contributed by atoms with van der Waals surface area (Å²) in [5, 5.41) is 9.41. The minimum absolute atomic E-state index is 0.0896. The van der Waals surface area contributed by atoms with E-state index in [1.807, 2.05) is 0 Å². The molecule has 6 heteroatoms. The molecule has 3 saturated carbocycles. The monoisotopic (exact) mass is 477 g/mol. The molecule has 0 aromatic heterocycles. The van der Waals surface area contributed by atoms with E-state index in [2.05, 4.69) is 4.90 Å². The van der Waals surface area contributed by atoms with Crippen molar-refractivity contribution < 1.29 is 23.1 Å². The molecule has 0 bridgehead atoms. The van der Waals surface area contributed by atoms with Gasteiger partial charge in [0.25, 0.3) is 0 Å². The lowest BCUT2D eigenvalue weighted by atomic mass is 9.63. The number of piperidine rings is 1. The normalized spacial score (nSPS) is 31.3. The van der Waals surface area contributed by atoms with Crippen molar-refractivity contribution in [2.45, 2.75) is 102 Å². The second-order valence-electron chi connectivity index (χ2n) is 12.1. The standard InChI is InChI=1S/C28H38F3NO2/c29-28(30,31)22-8-6-21(7-9-22)23-15-20(16-25(33)34)5-10-24(23)32-18-26(11-1-2-12-26)17-27(19-32)13-3-4-14-27/h6-9,20,23-24H,1-5,10-19H2,(H,33,34). The Bertz CT molecular complexity index is 845. The van der Waals surface area contributed by atoms with Gasteiger partial charge in [0.05, 0.1) is 5.56 Å². The van der Waals surface area contributed by atoms with Crippen molar-refractivity contribution in [3.8, 4) is 0 Å². The molecule has 2 spiro atoms. The Hall–Kier alpha value is -1.56. The van der Waals surface area contributed by atoms with Crippen LogP contribution in [0.2, 0.25) is 0 Å². The molecule has 1 aliphatic heterocycles. The minimum Gasteiger partial charge on any atom is -0.481 e. The van der Waals surface area contributed by atoms with Crippen LogP contribution in [0.25, 0.3) is 0 Å². The zero-order valence-electron chi connectivity index (χ0n) is 20.1. The van der Waals surface area contributed by atoms with Gasteiger partial charge in [-0.05, 0) is 91.7 Å². The van der Waals surface area contributed by atoms with Gasteiger partial charge in [0.2, 0.25) is 0 Å². The molecular weight excluding hydrogens is 439 g/mol. The molecule has 0 radical (unpaired) electrons. The summed E-state index contributed by atoms with van der Waals surface area (Å²) in [7, 11) is 0. The van der Waals surface area contributed by atoms with Crippen molar-refractivity contribution in [1.29, 1.82) is 0 Å². The van der Waals surface area contributed by atoms with Crippen LogP contribution < -0.4 is 0 Å². The Morgan fingerprint density at radius 1 is 0.941 bits per heavy atom. The number of benzene rings is 1. The Morgan fingerprint density at radius 2 is 1.50 bits per heavy atom. The highest BCUT2D eigenvalue weighted by Gasteiger charge is 2.52.